The third-order valence-corrected chi connectivity index (χ3v) is 4.54. The lowest BCUT2D eigenvalue weighted by Crippen LogP contribution is -2.27. The van der Waals surface area contributed by atoms with Gasteiger partial charge < -0.3 is 4.57 Å². The predicted molar refractivity (Wildman–Crippen MR) is 94.7 cm³/mol. The average molecular weight is 323 g/mol. The molecule has 124 valence electrons. The minimum atomic E-state index is -0.171. The maximum Gasteiger partial charge on any atom is 0.261 e. The number of ketones is 1. The summed E-state index contributed by atoms with van der Waals surface area (Å²) in [5, 5.41) is 0.537. The molecule has 0 saturated carbocycles. The van der Waals surface area contributed by atoms with Gasteiger partial charge >= 0.3 is 0 Å². The van der Waals surface area contributed by atoms with Crippen LogP contribution in [0.1, 0.15) is 34.5 Å². The summed E-state index contributed by atoms with van der Waals surface area (Å²) in [4.78, 5) is 29.9. The molecule has 0 radical (unpaired) electrons. The molecule has 2 aromatic heterocycles. The zero-order valence-corrected chi connectivity index (χ0v) is 14.5. The molecule has 0 aliphatic heterocycles. The van der Waals surface area contributed by atoms with Gasteiger partial charge in [0.2, 0.25) is 0 Å². The summed E-state index contributed by atoms with van der Waals surface area (Å²) in [6.07, 6.45) is 0. The monoisotopic (exact) mass is 323 g/mol. The van der Waals surface area contributed by atoms with E-state index in [2.05, 4.69) is 16.5 Å². The van der Waals surface area contributed by atoms with Crippen LogP contribution in [0.15, 0.2) is 35.1 Å². The molecule has 0 aliphatic carbocycles. The van der Waals surface area contributed by atoms with E-state index >= 15 is 0 Å². The Hall–Kier alpha value is -2.69. The highest BCUT2D eigenvalue weighted by atomic mass is 16.1. The fraction of sp³-hybridized carbons (Fsp3) is 0.316. The quantitative estimate of drug-likeness (QED) is 0.694. The van der Waals surface area contributed by atoms with Gasteiger partial charge in [0, 0.05) is 23.5 Å². The summed E-state index contributed by atoms with van der Waals surface area (Å²) >= 11 is 0. The number of carbonyl (C=O) groups is 1. The second-order valence-corrected chi connectivity index (χ2v) is 6.02. The van der Waals surface area contributed by atoms with Crippen LogP contribution in [0.4, 0.5) is 0 Å². The molecule has 0 bridgehead atoms. The topological polar surface area (TPSA) is 56.9 Å². The van der Waals surface area contributed by atoms with Crippen LogP contribution in [0.2, 0.25) is 0 Å². The molecule has 0 aliphatic rings. The van der Waals surface area contributed by atoms with Crippen molar-refractivity contribution in [2.24, 2.45) is 0 Å². The van der Waals surface area contributed by atoms with Crippen molar-refractivity contribution in [3.8, 4) is 0 Å². The van der Waals surface area contributed by atoms with Gasteiger partial charge in [0.15, 0.2) is 5.78 Å². The zero-order chi connectivity index (χ0) is 17.4. The maximum absolute atomic E-state index is 12.8. The van der Waals surface area contributed by atoms with Crippen molar-refractivity contribution in [3.05, 3.63) is 63.5 Å². The molecule has 0 amide bonds. The Bertz CT molecular complexity index is 996. The zero-order valence-electron chi connectivity index (χ0n) is 14.5. The molecule has 3 aromatic rings. The van der Waals surface area contributed by atoms with Crippen molar-refractivity contribution >= 4 is 16.7 Å². The Morgan fingerprint density at radius 1 is 1.12 bits per heavy atom. The van der Waals surface area contributed by atoms with Crippen LogP contribution in [0.25, 0.3) is 10.9 Å². The molecule has 0 unspecified atom stereocenters. The molecule has 0 N–H and O–H groups in total. The average Bonchev–Trinajstić information content (AvgIpc) is 2.85. The Balaban J connectivity index is 2.04. The number of carbonyl (C=O) groups excluding carboxylic acids is 1. The van der Waals surface area contributed by atoms with Gasteiger partial charge in [-0.25, -0.2) is 4.98 Å². The molecule has 0 fully saturated rings. The van der Waals surface area contributed by atoms with E-state index in [0.717, 1.165) is 17.9 Å². The Morgan fingerprint density at radius 3 is 2.50 bits per heavy atom. The molecule has 2 heterocycles. The summed E-state index contributed by atoms with van der Waals surface area (Å²) in [7, 11) is 0. The summed E-state index contributed by atoms with van der Waals surface area (Å²) in [6, 6.07) is 9.11. The van der Waals surface area contributed by atoms with Crippen molar-refractivity contribution < 1.29 is 4.79 Å². The second-order valence-electron chi connectivity index (χ2n) is 6.02. The van der Waals surface area contributed by atoms with E-state index in [4.69, 9.17) is 0 Å². The van der Waals surface area contributed by atoms with Crippen LogP contribution < -0.4 is 5.56 Å². The summed E-state index contributed by atoms with van der Waals surface area (Å²) in [5.74, 6) is 0.487. The lowest BCUT2D eigenvalue weighted by Gasteiger charge is -2.10. The van der Waals surface area contributed by atoms with Crippen LogP contribution in [-0.4, -0.2) is 19.9 Å². The minimum Gasteiger partial charge on any atom is -0.349 e. The number of Topliss-reactive ketones (excluding diaryl/α,β-unsaturated/α-hetero) is 1. The van der Waals surface area contributed by atoms with Gasteiger partial charge in [0.05, 0.1) is 17.4 Å². The van der Waals surface area contributed by atoms with Crippen molar-refractivity contribution in [1.82, 2.24) is 14.1 Å². The first kappa shape index (κ1) is 16.2. The SMILES string of the molecule is CCn1c(C)cc(C(=O)Cn2c(C)nc3ccccc3c2=O)c1C. The standard InChI is InChI=1S/C19H21N3O2/c1-5-21-12(2)10-16(13(21)3)18(23)11-22-14(4)20-17-9-7-6-8-15(17)19(22)24/h6-10H,5,11H2,1-4H3. The van der Waals surface area contributed by atoms with Crippen LogP contribution in [-0.2, 0) is 13.1 Å². The molecule has 24 heavy (non-hydrogen) atoms. The Kier molecular flexibility index (Phi) is 4.09. The van der Waals surface area contributed by atoms with E-state index in [0.29, 0.717) is 22.3 Å². The maximum atomic E-state index is 12.8. The number of rotatable bonds is 4. The third-order valence-electron chi connectivity index (χ3n) is 4.54. The minimum absolute atomic E-state index is 0.0104. The molecule has 0 saturated heterocycles. The van der Waals surface area contributed by atoms with Gasteiger partial charge in [0.25, 0.3) is 5.56 Å². The number of nitrogens with zero attached hydrogens (tertiary/aromatic N) is 3. The highest BCUT2D eigenvalue weighted by Crippen LogP contribution is 2.16. The van der Waals surface area contributed by atoms with Gasteiger partial charge in [-0.15, -0.1) is 0 Å². The van der Waals surface area contributed by atoms with E-state index < -0.39 is 0 Å². The van der Waals surface area contributed by atoms with E-state index in [1.165, 1.54) is 4.57 Å². The molecule has 1 aromatic carbocycles. The molecular formula is C19H21N3O2. The van der Waals surface area contributed by atoms with Crippen molar-refractivity contribution in [3.63, 3.8) is 0 Å². The molecular weight excluding hydrogens is 302 g/mol. The first-order valence-electron chi connectivity index (χ1n) is 8.10. The highest BCUT2D eigenvalue weighted by Gasteiger charge is 2.17. The highest BCUT2D eigenvalue weighted by molar-refractivity contribution is 5.97. The van der Waals surface area contributed by atoms with Crippen molar-refractivity contribution in [1.29, 1.82) is 0 Å². The van der Waals surface area contributed by atoms with Crippen molar-refractivity contribution in [2.45, 2.75) is 40.8 Å². The number of para-hydroxylation sites is 1. The summed E-state index contributed by atoms with van der Waals surface area (Å²) in [6.45, 7) is 8.57. The fourth-order valence-electron chi connectivity index (χ4n) is 3.26. The third kappa shape index (κ3) is 2.56. The molecule has 0 spiro atoms. The first-order chi connectivity index (χ1) is 11.4. The van der Waals surface area contributed by atoms with E-state index in [-0.39, 0.29) is 17.9 Å². The molecule has 0 atom stereocenters. The first-order valence-corrected chi connectivity index (χ1v) is 8.10. The molecule has 5 nitrogen and oxygen atoms in total. The number of hydrogen-bond acceptors (Lipinski definition) is 3. The second kappa shape index (κ2) is 6.07. The molecule has 3 rings (SSSR count). The van der Waals surface area contributed by atoms with Gasteiger partial charge in [0.1, 0.15) is 5.82 Å². The predicted octanol–water partition coefficient (Wildman–Crippen LogP) is 3.03. The van der Waals surface area contributed by atoms with E-state index in [1.807, 2.05) is 38.1 Å². The van der Waals surface area contributed by atoms with Gasteiger partial charge in [-0.05, 0) is 45.9 Å². The Labute approximate surface area is 140 Å². The van der Waals surface area contributed by atoms with Crippen LogP contribution in [0.5, 0.6) is 0 Å². The number of aryl methyl sites for hydroxylation is 2. The Morgan fingerprint density at radius 2 is 1.83 bits per heavy atom. The van der Waals surface area contributed by atoms with Gasteiger partial charge in [-0.3, -0.25) is 14.2 Å². The van der Waals surface area contributed by atoms with Crippen LogP contribution >= 0.6 is 0 Å². The van der Waals surface area contributed by atoms with E-state index in [9.17, 15) is 9.59 Å². The number of aromatic nitrogens is 3. The van der Waals surface area contributed by atoms with Gasteiger partial charge in [-0.1, -0.05) is 12.1 Å². The lowest BCUT2D eigenvalue weighted by molar-refractivity contribution is 0.0969. The smallest absolute Gasteiger partial charge is 0.261 e. The van der Waals surface area contributed by atoms with E-state index in [1.54, 1.807) is 13.0 Å². The molecule has 5 heteroatoms. The summed E-state index contributed by atoms with van der Waals surface area (Å²) in [5.41, 5.74) is 3.16. The van der Waals surface area contributed by atoms with Crippen LogP contribution in [0.3, 0.4) is 0 Å². The van der Waals surface area contributed by atoms with Crippen LogP contribution in [0, 0.1) is 20.8 Å². The largest absolute Gasteiger partial charge is 0.349 e. The fourth-order valence-corrected chi connectivity index (χ4v) is 3.26. The summed E-state index contributed by atoms with van der Waals surface area (Å²) < 4.78 is 3.56. The lowest BCUT2D eigenvalue weighted by atomic mass is 10.1. The number of benzene rings is 1. The van der Waals surface area contributed by atoms with Crippen molar-refractivity contribution in [2.75, 3.05) is 0 Å². The normalized spacial score (nSPS) is 11.2. The van der Waals surface area contributed by atoms with Gasteiger partial charge in [-0.2, -0.15) is 0 Å². The number of hydrogen-bond donors (Lipinski definition) is 0. The number of fused-ring (bicyclic) bond motifs is 1.